The molecule has 0 bridgehead atoms. The molecule has 1 amide bonds. The Bertz CT molecular complexity index is 868. The second-order valence-electron chi connectivity index (χ2n) is 6.21. The van der Waals surface area contributed by atoms with Crippen molar-refractivity contribution in [3.63, 3.8) is 0 Å². The molecule has 2 heterocycles. The lowest BCUT2D eigenvalue weighted by Crippen LogP contribution is -2.32. The van der Waals surface area contributed by atoms with E-state index in [0.717, 1.165) is 18.4 Å². The van der Waals surface area contributed by atoms with Crippen LogP contribution in [0.1, 0.15) is 39.3 Å². The number of carbonyl (C=O) groups excluding carboxylic acids is 2. The van der Waals surface area contributed by atoms with Crippen LogP contribution in [0.2, 0.25) is 0 Å². The van der Waals surface area contributed by atoms with E-state index in [4.69, 9.17) is 4.74 Å². The molecule has 3 rings (SSSR count). The summed E-state index contributed by atoms with van der Waals surface area (Å²) in [5, 5.41) is 9.99. The van der Waals surface area contributed by atoms with Crippen LogP contribution in [0.3, 0.4) is 0 Å². The molecular formula is C18H20N2O5. The first-order valence-electron chi connectivity index (χ1n) is 8.14. The first-order valence-corrected chi connectivity index (χ1v) is 8.14. The second kappa shape index (κ2) is 6.58. The van der Waals surface area contributed by atoms with Crippen molar-refractivity contribution >= 4 is 28.7 Å². The monoisotopic (exact) mass is 344 g/mol. The number of rotatable bonds is 3. The lowest BCUT2D eigenvalue weighted by Gasteiger charge is -2.22. The third-order valence-corrected chi connectivity index (χ3v) is 4.65. The molecule has 1 aliphatic heterocycles. The van der Waals surface area contributed by atoms with Crippen molar-refractivity contribution in [2.24, 2.45) is 0 Å². The molecule has 1 N–H and O–H groups in total. The standard InChI is InChI=1S/C18H20N2O5/c1-19-8-4-3-5-12-13-9-11(18(23)24)6-7-14(13)20(10-15(21)25-2)16(12)17(19)22/h6-7,9H,3-5,8,10H2,1-2H3,(H,23,24). The quantitative estimate of drug-likeness (QED) is 0.860. The number of aromatic nitrogens is 1. The summed E-state index contributed by atoms with van der Waals surface area (Å²) in [4.78, 5) is 37.7. The Labute approximate surface area is 144 Å². The van der Waals surface area contributed by atoms with Crippen molar-refractivity contribution in [3.05, 3.63) is 35.0 Å². The van der Waals surface area contributed by atoms with Crippen LogP contribution in [-0.4, -0.2) is 53.1 Å². The van der Waals surface area contributed by atoms with Crippen molar-refractivity contribution in [2.45, 2.75) is 25.8 Å². The summed E-state index contributed by atoms with van der Waals surface area (Å²) in [6.07, 6.45) is 2.44. The van der Waals surface area contributed by atoms with Gasteiger partial charge in [-0.15, -0.1) is 0 Å². The van der Waals surface area contributed by atoms with Gasteiger partial charge in [-0.2, -0.15) is 0 Å². The number of hydrogen-bond donors (Lipinski definition) is 1. The van der Waals surface area contributed by atoms with E-state index in [0.29, 0.717) is 29.6 Å². The number of carbonyl (C=O) groups is 3. The molecule has 7 heteroatoms. The summed E-state index contributed by atoms with van der Waals surface area (Å²) in [7, 11) is 3.04. The number of methoxy groups -OCH3 is 1. The maximum Gasteiger partial charge on any atom is 0.335 e. The predicted molar refractivity (Wildman–Crippen MR) is 90.8 cm³/mol. The Balaban J connectivity index is 2.30. The molecule has 7 nitrogen and oxygen atoms in total. The smallest absolute Gasteiger partial charge is 0.335 e. The van der Waals surface area contributed by atoms with Crippen LogP contribution in [0, 0.1) is 0 Å². The van der Waals surface area contributed by atoms with Gasteiger partial charge in [0.1, 0.15) is 12.2 Å². The number of carboxylic acid groups (broad SMARTS) is 1. The molecular weight excluding hydrogens is 324 g/mol. The fourth-order valence-electron chi connectivity index (χ4n) is 3.35. The minimum atomic E-state index is -1.02. The SMILES string of the molecule is COC(=O)Cn1c2c(c3cc(C(=O)O)ccc31)CCCCN(C)C2=O. The van der Waals surface area contributed by atoms with Gasteiger partial charge in [-0.1, -0.05) is 0 Å². The molecule has 132 valence electrons. The molecule has 1 aliphatic rings. The number of ether oxygens (including phenoxy) is 1. The summed E-state index contributed by atoms with van der Waals surface area (Å²) in [6.45, 7) is 0.562. The molecule has 0 atom stereocenters. The molecule has 0 saturated carbocycles. The van der Waals surface area contributed by atoms with Crippen LogP contribution >= 0.6 is 0 Å². The Morgan fingerprint density at radius 1 is 1.28 bits per heavy atom. The Morgan fingerprint density at radius 3 is 2.72 bits per heavy atom. The number of benzene rings is 1. The number of nitrogens with zero attached hydrogens (tertiary/aromatic N) is 2. The molecule has 25 heavy (non-hydrogen) atoms. The molecule has 0 aliphatic carbocycles. The number of aryl methyl sites for hydroxylation is 1. The van der Waals surface area contributed by atoms with Gasteiger partial charge in [0.15, 0.2) is 0 Å². The summed E-state index contributed by atoms with van der Waals surface area (Å²) >= 11 is 0. The van der Waals surface area contributed by atoms with Gasteiger partial charge in [-0.3, -0.25) is 9.59 Å². The van der Waals surface area contributed by atoms with E-state index in [1.165, 1.54) is 13.2 Å². The summed E-state index contributed by atoms with van der Waals surface area (Å²) < 4.78 is 6.41. The number of aromatic carboxylic acids is 1. The van der Waals surface area contributed by atoms with Gasteiger partial charge in [-0.05, 0) is 43.0 Å². The highest BCUT2D eigenvalue weighted by molar-refractivity contribution is 6.04. The first kappa shape index (κ1) is 17.0. The predicted octanol–water partition coefficient (Wildman–Crippen LogP) is 1.92. The van der Waals surface area contributed by atoms with Crippen molar-refractivity contribution in [2.75, 3.05) is 20.7 Å². The molecule has 1 aromatic carbocycles. The maximum absolute atomic E-state index is 12.9. The van der Waals surface area contributed by atoms with Crippen LogP contribution in [0.5, 0.6) is 0 Å². The van der Waals surface area contributed by atoms with Crippen LogP contribution in [0.15, 0.2) is 18.2 Å². The highest BCUT2D eigenvalue weighted by atomic mass is 16.5. The van der Waals surface area contributed by atoms with E-state index >= 15 is 0 Å². The van der Waals surface area contributed by atoms with Gasteiger partial charge in [0.25, 0.3) is 5.91 Å². The zero-order valence-corrected chi connectivity index (χ0v) is 14.2. The maximum atomic E-state index is 12.9. The molecule has 0 saturated heterocycles. The third kappa shape index (κ3) is 2.97. The number of esters is 1. The Morgan fingerprint density at radius 2 is 2.04 bits per heavy atom. The highest BCUT2D eigenvalue weighted by Gasteiger charge is 2.28. The summed E-state index contributed by atoms with van der Waals surface area (Å²) in [6, 6.07) is 4.72. The number of fused-ring (bicyclic) bond motifs is 3. The van der Waals surface area contributed by atoms with Gasteiger partial charge in [-0.25, -0.2) is 4.79 Å². The lowest BCUT2D eigenvalue weighted by atomic mass is 10.0. The Kier molecular flexibility index (Phi) is 4.48. The molecule has 0 unspecified atom stereocenters. The van der Waals surface area contributed by atoms with Gasteiger partial charge >= 0.3 is 11.9 Å². The van der Waals surface area contributed by atoms with Gasteiger partial charge in [0, 0.05) is 24.5 Å². The van der Waals surface area contributed by atoms with E-state index in [1.807, 2.05) is 0 Å². The van der Waals surface area contributed by atoms with Crippen molar-refractivity contribution in [3.8, 4) is 0 Å². The van der Waals surface area contributed by atoms with Crippen molar-refractivity contribution in [1.29, 1.82) is 0 Å². The van der Waals surface area contributed by atoms with Crippen LogP contribution in [0.25, 0.3) is 10.9 Å². The van der Waals surface area contributed by atoms with Gasteiger partial charge in [0.2, 0.25) is 0 Å². The minimum Gasteiger partial charge on any atom is -0.478 e. The largest absolute Gasteiger partial charge is 0.478 e. The van der Waals surface area contributed by atoms with Crippen molar-refractivity contribution in [1.82, 2.24) is 9.47 Å². The minimum absolute atomic E-state index is 0.0890. The lowest BCUT2D eigenvalue weighted by molar-refractivity contribution is -0.141. The van der Waals surface area contributed by atoms with E-state index in [1.54, 1.807) is 28.6 Å². The van der Waals surface area contributed by atoms with Crippen LogP contribution in [0.4, 0.5) is 0 Å². The second-order valence-corrected chi connectivity index (χ2v) is 6.21. The summed E-state index contributed by atoms with van der Waals surface area (Å²) in [5.74, 6) is -1.64. The fourth-order valence-corrected chi connectivity index (χ4v) is 3.35. The summed E-state index contributed by atoms with van der Waals surface area (Å²) in [5.41, 5.74) is 2.08. The molecule has 1 aromatic heterocycles. The zero-order chi connectivity index (χ0) is 18.1. The average Bonchev–Trinajstić information content (AvgIpc) is 2.89. The molecule has 2 aromatic rings. The van der Waals surface area contributed by atoms with Crippen molar-refractivity contribution < 1.29 is 24.2 Å². The topological polar surface area (TPSA) is 88.8 Å². The number of carboxylic acids is 1. The van der Waals surface area contributed by atoms with E-state index < -0.39 is 11.9 Å². The average molecular weight is 344 g/mol. The van der Waals surface area contributed by atoms with Gasteiger partial charge in [0.05, 0.1) is 12.7 Å². The molecule has 0 spiro atoms. The third-order valence-electron chi connectivity index (χ3n) is 4.65. The fraction of sp³-hybridized carbons (Fsp3) is 0.389. The molecule has 0 radical (unpaired) electrons. The highest BCUT2D eigenvalue weighted by Crippen LogP contribution is 2.31. The van der Waals surface area contributed by atoms with E-state index in [9.17, 15) is 19.5 Å². The number of hydrogen-bond acceptors (Lipinski definition) is 4. The van der Waals surface area contributed by atoms with E-state index in [-0.39, 0.29) is 18.0 Å². The normalized spacial score (nSPS) is 14.8. The Hall–Kier alpha value is -2.83. The van der Waals surface area contributed by atoms with Crippen LogP contribution < -0.4 is 0 Å². The zero-order valence-electron chi connectivity index (χ0n) is 14.2. The molecule has 0 fully saturated rings. The first-order chi connectivity index (χ1) is 11.9. The van der Waals surface area contributed by atoms with E-state index in [2.05, 4.69) is 0 Å². The van der Waals surface area contributed by atoms with Crippen LogP contribution in [-0.2, 0) is 22.5 Å². The number of amides is 1. The van der Waals surface area contributed by atoms with Gasteiger partial charge < -0.3 is 19.3 Å².